The lowest BCUT2D eigenvalue weighted by Gasteiger charge is -2.20. The van der Waals surface area contributed by atoms with Gasteiger partial charge in [0.2, 0.25) is 5.91 Å². The molecule has 0 bridgehead atoms. The highest BCUT2D eigenvalue weighted by molar-refractivity contribution is 7.16. The Balaban J connectivity index is 1.92. The van der Waals surface area contributed by atoms with Crippen molar-refractivity contribution < 1.29 is 9.59 Å². The van der Waals surface area contributed by atoms with Crippen molar-refractivity contribution in [3.63, 3.8) is 0 Å². The third kappa shape index (κ3) is 5.30. The van der Waals surface area contributed by atoms with Gasteiger partial charge in [-0.15, -0.1) is 29.3 Å². The molecule has 0 N–H and O–H groups in total. The van der Waals surface area contributed by atoms with Crippen LogP contribution in [0.5, 0.6) is 0 Å². The molecule has 3 nitrogen and oxygen atoms in total. The number of amides is 1. The number of hydrogen-bond acceptors (Lipinski definition) is 4. The number of hydrogen-bond donors (Lipinski definition) is 0. The zero-order valence-corrected chi connectivity index (χ0v) is 15.3. The van der Waals surface area contributed by atoms with Crippen molar-refractivity contribution in [2.45, 2.75) is 26.3 Å². The van der Waals surface area contributed by atoms with Crippen LogP contribution in [0.25, 0.3) is 0 Å². The van der Waals surface area contributed by atoms with E-state index in [1.165, 1.54) is 22.7 Å². The van der Waals surface area contributed by atoms with Crippen molar-refractivity contribution in [1.82, 2.24) is 4.90 Å². The van der Waals surface area contributed by atoms with Crippen molar-refractivity contribution in [3.8, 4) is 0 Å². The molecule has 0 unspecified atom stereocenters. The first-order valence-corrected chi connectivity index (χ1v) is 9.23. The molecule has 6 heteroatoms. The summed E-state index contributed by atoms with van der Waals surface area (Å²) >= 11 is 8.85. The minimum atomic E-state index is -0.0453. The molecule has 23 heavy (non-hydrogen) atoms. The second-order valence-electron chi connectivity index (χ2n) is 5.10. The molecule has 2 aromatic heterocycles. The summed E-state index contributed by atoms with van der Waals surface area (Å²) in [4.78, 5) is 29.0. The highest BCUT2D eigenvalue weighted by atomic mass is 35.5. The monoisotopic (exact) mass is 367 g/mol. The Morgan fingerprint density at radius 1 is 1.22 bits per heavy atom. The number of ketones is 1. The summed E-state index contributed by atoms with van der Waals surface area (Å²) in [6, 6.07) is 7.48. The molecule has 0 fully saturated rings. The van der Waals surface area contributed by atoms with Gasteiger partial charge in [0.1, 0.15) is 0 Å². The van der Waals surface area contributed by atoms with E-state index < -0.39 is 0 Å². The zero-order chi connectivity index (χ0) is 16.8. The predicted molar refractivity (Wildman–Crippen MR) is 97.6 cm³/mol. The van der Waals surface area contributed by atoms with E-state index in [9.17, 15) is 9.59 Å². The van der Waals surface area contributed by atoms with Gasteiger partial charge in [0.15, 0.2) is 5.78 Å². The number of thiophene rings is 2. The smallest absolute Gasteiger partial charge is 0.223 e. The van der Waals surface area contributed by atoms with Gasteiger partial charge in [-0.3, -0.25) is 9.59 Å². The molecule has 2 aromatic rings. The summed E-state index contributed by atoms with van der Waals surface area (Å²) in [5.41, 5.74) is 0. The van der Waals surface area contributed by atoms with Crippen LogP contribution in [-0.4, -0.2) is 23.1 Å². The molecule has 0 radical (unpaired) electrons. The molecule has 2 heterocycles. The molecule has 0 aliphatic rings. The number of carbonyl (C=O) groups excluding carboxylic acids is 2. The van der Waals surface area contributed by atoms with Gasteiger partial charge in [-0.2, -0.15) is 0 Å². The molecule has 0 aromatic carbocycles. The van der Waals surface area contributed by atoms with Gasteiger partial charge < -0.3 is 4.90 Å². The van der Waals surface area contributed by atoms with E-state index in [0.717, 1.165) is 14.6 Å². The van der Waals surface area contributed by atoms with Crippen LogP contribution >= 0.6 is 34.3 Å². The average Bonchev–Trinajstić information content (AvgIpc) is 3.12. The summed E-state index contributed by atoms with van der Waals surface area (Å²) in [7, 11) is 0. The van der Waals surface area contributed by atoms with Gasteiger partial charge in [-0.25, -0.2) is 0 Å². The minimum Gasteiger partial charge on any atom is -0.334 e. The van der Waals surface area contributed by atoms with Gasteiger partial charge in [-0.05, 0) is 31.2 Å². The fourth-order valence-electron chi connectivity index (χ4n) is 2.12. The Labute approximate surface area is 149 Å². The topological polar surface area (TPSA) is 37.4 Å². The molecule has 1 amide bonds. The molecule has 0 aliphatic heterocycles. The summed E-state index contributed by atoms with van der Waals surface area (Å²) in [5, 5.41) is 0. The number of rotatable bonds is 8. The predicted octanol–water partition coefficient (Wildman–Crippen LogP) is 4.95. The van der Waals surface area contributed by atoms with Crippen molar-refractivity contribution >= 4 is 46.0 Å². The van der Waals surface area contributed by atoms with E-state index in [0.29, 0.717) is 17.4 Å². The number of aryl methyl sites for hydroxylation is 1. The molecule has 0 aliphatic carbocycles. The Morgan fingerprint density at radius 2 is 2.00 bits per heavy atom. The minimum absolute atomic E-state index is 0.0224. The van der Waals surface area contributed by atoms with Crippen LogP contribution in [0, 0.1) is 6.92 Å². The highest BCUT2D eigenvalue weighted by Gasteiger charge is 2.16. The van der Waals surface area contributed by atoms with Crippen molar-refractivity contribution in [3.05, 3.63) is 55.9 Å². The molecule has 0 atom stereocenters. The van der Waals surface area contributed by atoms with Crippen LogP contribution in [0.2, 0.25) is 4.34 Å². The van der Waals surface area contributed by atoms with E-state index in [1.807, 2.05) is 31.2 Å². The van der Waals surface area contributed by atoms with Crippen molar-refractivity contribution in [2.75, 3.05) is 6.54 Å². The Hall–Kier alpha value is -1.43. The molecular weight excluding hydrogens is 350 g/mol. The second kappa shape index (κ2) is 8.43. The number of carbonyl (C=O) groups is 2. The summed E-state index contributed by atoms with van der Waals surface area (Å²) in [5.74, 6) is -0.0229. The molecule has 0 saturated heterocycles. The Bertz CT molecular complexity index is 705. The molecule has 2 rings (SSSR count). The fourth-order valence-corrected chi connectivity index (χ4v) is 4.06. The number of nitrogens with zero attached hydrogens (tertiary/aromatic N) is 1. The van der Waals surface area contributed by atoms with E-state index in [2.05, 4.69) is 6.58 Å². The summed E-state index contributed by atoms with van der Waals surface area (Å²) in [6.07, 6.45) is 2.14. The van der Waals surface area contributed by atoms with Crippen molar-refractivity contribution in [1.29, 1.82) is 0 Å². The number of Topliss-reactive ketones (excluding diaryl/α,β-unsaturated/α-hetero) is 1. The Morgan fingerprint density at radius 3 is 2.57 bits per heavy atom. The van der Waals surface area contributed by atoms with E-state index in [4.69, 9.17) is 11.6 Å². The maximum absolute atomic E-state index is 12.4. The largest absolute Gasteiger partial charge is 0.334 e. The van der Waals surface area contributed by atoms with E-state index >= 15 is 0 Å². The van der Waals surface area contributed by atoms with E-state index in [-0.39, 0.29) is 24.5 Å². The van der Waals surface area contributed by atoms with Gasteiger partial charge in [0.05, 0.1) is 15.8 Å². The first-order valence-electron chi connectivity index (χ1n) is 7.22. The lowest BCUT2D eigenvalue weighted by Crippen LogP contribution is -2.30. The summed E-state index contributed by atoms with van der Waals surface area (Å²) in [6.45, 7) is 6.61. The van der Waals surface area contributed by atoms with Gasteiger partial charge >= 0.3 is 0 Å². The summed E-state index contributed by atoms with van der Waals surface area (Å²) < 4.78 is 0.703. The van der Waals surface area contributed by atoms with Gasteiger partial charge in [-0.1, -0.05) is 17.7 Å². The van der Waals surface area contributed by atoms with Gasteiger partial charge in [0, 0.05) is 29.1 Å². The average molecular weight is 368 g/mol. The fraction of sp³-hybridized carbons (Fsp3) is 0.294. The zero-order valence-electron chi connectivity index (χ0n) is 12.9. The van der Waals surface area contributed by atoms with Crippen LogP contribution in [-0.2, 0) is 11.3 Å². The Kier molecular flexibility index (Phi) is 6.57. The number of halogens is 1. The maximum Gasteiger partial charge on any atom is 0.223 e. The maximum atomic E-state index is 12.4. The van der Waals surface area contributed by atoms with E-state index in [1.54, 1.807) is 11.0 Å². The first-order chi connectivity index (χ1) is 11.0. The highest BCUT2D eigenvalue weighted by Crippen LogP contribution is 2.23. The van der Waals surface area contributed by atoms with Crippen LogP contribution in [0.3, 0.4) is 0 Å². The molecule has 0 saturated carbocycles. The third-order valence-corrected chi connectivity index (χ3v) is 5.52. The van der Waals surface area contributed by atoms with Crippen LogP contribution in [0.4, 0.5) is 0 Å². The first kappa shape index (κ1) is 17.9. The van der Waals surface area contributed by atoms with Crippen molar-refractivity contribution in [2.24, 2.45) is 0 Å². The molecule has 0 spiro atoms. The van der Waals surface area contributed by atoms with Crippen LogP contribution in [0.15, 0.2) is 36.9 Å². The lowest BCUT2D eigenvalue weighted by molar-refractivity contribution is -0.131. The molecular formula is C17H18ClNO2S2. The van der Waals surface area contributed by atoms with Crippen LogP contribution < -0.4 is 0 Å². The molecule has 122 valence electrons. The third-order valence-electron chi connectivity index (χ3n) is 3.26. The SMILES string of the molecule is C=CCN(Cc1ccc(Cl)s1)C(=O)CCC(=O)c1ccc(C)s1. The quantitative estimate of drug-likeness (QED) is 0.489. The van der Waals surface area contributed by atoms with Gasteiger partial charge in [0.25, 0.3) is 0 Å². The second-order valence-corrected chi connectivity index (χ2v) is 8.19. The standard InChI is InChI=1S/C17H18ClNO2S2/c1-3-10-19(11-13-5-8-16(18)23-13)17(21)9-6-14(20)15-7-4-12(2)22-15/h3-5,7-8H,1,6,9-11H2,2H3. The van der Waals surface area contributed by atoms with Crippen LogP contribution in [0.1, 0.15) is 32.3 Å². The lowest BCUT2D eigenvalue weighted by atomic mass is 10.1. The normalized spacial score (nSPS) is 10.5.